The van der Waals surface area contributed by atoms with Gasteiger partial charge in [-0.15, -0.1) is 0 Å². The number of rotatable bonds is 11. The molecule has 1 unspecified atom stereocenters. The monoisotopic (exact) mass is 739 g/mol. The SMILES string of the molecule is CC(C)(C)[C@H](NC(=O)O[C@@H]1C[C@@H]2C[C@@H]2C1)C(=O)N1CC(Oc2cc(C3CCCCC3)nc3c(Cl)c(OCCN4CCOCC4)ccc23)C[C@H]1C(N)=O. The molecule has 13 heteroatoms. The molecule has 0 spiro atoms. The van der Waals surface area contributed by atoms with Crippen molar-refractivity contribution in [2.24, 2.45) is 23.0 Å². The van der Waals surface area contributed by atoms with Gasteiger partial charge in [-0.2, -0.15) is 0 Å². The number of alkyl carbamates (subject to hydrolysis) is 1. The Labute approximate surface area is 311 Å². The topological polar surface area (TPSA) is 146 Å². The summed E-state index contributed by atoms with van der Waals surface area (Å²) >= 11 is 7.04. The molecule has 6 atom stereocenters. The molecule has 2 aliphatic heterocycles. The van der Waals surface area contributed by atoms with Crippen LogP contribution >= 0.6 is 11.6 Å². The van der Waals surface area contributed by atoms with E-state index in [2.05, 4.69) is 10.2 Å². The van der Waals surface area contributed by atoms with Crippen molar-refractivity contribution in [3.63, 3.8) is 0 Å². The molecule has 0 bridgehead atoms. The van der Waals surface area contributed by atoms with Crippen LogP contribution in [0, 0.1) is 17.3 Å². The van der Waals surface area contributed by atoms with Gasteiger partial charge in [0.2, 0.25) is 11.8 Å². The number of halogens is 1. The highest BCUT2D eigenvalue weighted by Crippen LogP contribution is 2.52. The molecule has 0 radical (unpaired) electrons. The molecule has 7 rings (SSSR count). The van der Waals surface area contributed by atoms with E-state index in [4.69, 9.17) is 41.3 Å². The Kier molecular flexibility index (Phi) is 11.1. The summed E-state index contributed by atoms with van der Waals surface area (Å²) in [5.41, 5.74) is 6.77. The number of amides is 3. The number of nitrogens with two attached hydrogens (primary N) is 1. The van der Waals surface area contributed by atoms with Crippen molar-refractivity contribution in [2.45, 2.75) is 109 Å². The zero-order chi connectivity index (χ0) is 36.6. The first-order chi connectivity index (χ1) is 24.9. The number of benzene rings is 1. The number of nitrogens with zero attached hydrogens (tertiary/aromatic N) is 3. The summed E-state index contributed by atoms with van der Waals surface area (Å²) in [6.45, 7) is 10.2. The fraction of sp³-hybridized carbons (Fsp3) is 0.692. The number of morpholine rings is 1. The normalized spacial score (nSPS) is 27.2. The van der Waals surface area contributed by atoms with Gasteiger partial charge >= 0.3 is 6.09 Å². The highest BCUT2D eigenvalue weighted by atomic mass is 35.5. The van der Waals surface area contributed by atoms with Gasteiger partial charge in [0, 0.05) is 49.1 Å². The van der Waals surface area contributed by atoms with Crippen molar-refractivity contribution >= 4 is 40.4 Å². The highest BCUT2D eigenvalue weighted by molar-refractivity contribution is 6.36. The molecule has 3 saturated carbocycles. The molecule has 3 heterocycles. The van der Waals surface area contributed by atoms with Gasteiger partial charge in [0.25, 0.3) is 0 Å². The number of aromatic nitrogens is 1. The van der Waals surface area contributed by atoms with Crippen LogP contribution < -0.4 is 20.5 Å². The number of likely N-dealkylation sites (tertiary alicyclic amines) is 1. The van der Waals surface area contributed by atoms with Crippen molar-refractivity contribution < 1.29 is 33.3 Å². The van der Waals surface area contributed by atoms with Crippen LogP contribution in [0.5, 0.6) is 11.5 Å². The fourth-order valence-corrected chi connectivity index (χ4v) is 8.86. The first kappa shape index (κ1) is 37.0. The van der Waals surface area contributed by atoms with E-state index in [0.717, 1.165) is 82.5 Å². The molecule has 1 aromatic carbocycles. The Hall–Kier alpha value is -3.35. The van der Waals surface area contributed by atoms with Crippen LogP contribution in [0.1, 0.15) is 90.2 Å². The third kappa shape index (κ3) is 8.39. The number of carbonyl (C=O) groups is 3. The molecule has 2 saturated heterocycles. The van der Waals surface area contributed by atoms with Crippen LogP contribution in [0.3, 0.4) is 0 Å². The van der Waals surface area contributed by atoms with Gasteiger partial charge in [-0.05, 0) is 61.5 Å². The zero-order valence-corrected chi connectivity index (χ0v) is 31.5. The average molecular weight is 740 g/mol. The molecule has 3 N–H and O–H groups in total. The van der Waals surface area contributed by atoms with Gasteiger partial charge in [0.15, 0.2) is 0 Å². The number of primary amides is 1. The molecule has 3 aliphatic carbocycles. The van der Waals surface area contributed by atoms with Crippen LogP contribution in [0.2, 0.25) is 5.02 Å². The van der Waals surface area contributed by atoms with Gasteiger partial charge in [-0.3, -0.25) is 19.5 Å². The lowest BCUT2D eigenvalue weighted by atomic mass is 9.85. The molecular formula is C39H54ClN5O7. The van der Waals surface area contributed by atoms with E-state index >= 15 is 0 Å². The Morgan fingerprint density at radius 3 is 2.44 bits per heavy atom. The lowest BCUT2D eigenvalue weighted by molar-refractivity contribution is -0.141. The van der Waals surface area contributed by atoms with E-state index in [1.807, 2.05) is 39.0 Å². The largest absolute Gasteiger partial charge is 0.491 e. The van der Waals surface area contributed by atoms with Crippen molar-refractivity contribution in [1.82, 2.24) is 20.1 Å². The fourth-order valence-electron chi connectivity index (χ4n) is 8.60. The molecule has 3 amide bonds. The molecule has 284 valence electrons. The second kappa shape index (κ2) is 15.6. The predicted octanol–water partition coefficient (Wildman–Crippen LogP) is 5.42. The molecule has 2 aromatic rings. The molecule has 5 fully saturated rings. The van der Waals surface area contributed by atoms with Gasteiger partial charge in [-0.25, -0.2) is 4.79 Å². The van der Waals surface area contributed by atoms with E-state index in [-0.39, 0.29) is 25.0 Å². The van der Waals surface area contributed by atoms with Crippen LogP contribution in [0.25, 0.3) is 10.9 Å². The Bertz CT molecular complexity index is 1630. The van der Waals surface area contributed by atoms with E-state index in [0.29, 0.717) is 40.5 Å². The molecule has 52 heavy (non-hydrogen) atoms. The molecule has 12 nitrogen and oxygen atoms in total. The van der Waals surface area contributed by atoms with Crippen molar-refractivity contribution in [3.05, 3.63) is 28.9 Å². The predicted molar refractivity (Wildman–Crippen MR) is 197 cm³/mol. The summed E-state index contributed by atoms with van der Waals surface area (Å²) in [4.78, 5) is 48.9. The summed E-state index contributed by atoms with van der Waals surface area (Å²) in [6, 6.07) is 3.93. The number of fused-ring (bicyclic) bond motifs is 2. The van der Waals surface area contributed by atoms with E-state index in [1.54, 1.807) is 0 Å². The van der Waals surface area contributed by atoms with Crippen LogP contribution in [0.15, 0.2) is 18.2 Å². The Morgan fingerprint density at radius 1 is 1.02 bits per heavy atom. The summed E-state index contributed by atoms with van der Waals surface area (Å²) in [6.07, 6.45) is 7.46. The maximum Gasteiger partial charge on any atom is 0.408 e. The van der Waals surface area contributed by atoms with Crippen LogP contribution in [0.4, 0.5) is 4.79 Å². The molecular weight excluding hydrogens is 686 g/mol. The van der Waals surface area contributed by atoms with E-state index in [9.17, 15) is 14.4 Å². The minimum atomic E-state index is -0.934. The second-order valence-electron chi connectivity index (χ2n) is 16.5. The number of carbonyl (C=O) groups excluding carboxylic acids is 3. The number of pyridine rings is 1. The maximum atomic E-state index is 14.2. The van der Waals surface area contributed by atoms with Crippen LogP contribution in [-0.4, -0.2) is 103 Å². The first-order valence-corrected chi connectivity index (χ1v) is 19.6. The summed E-state index contributed by atoms with van der Waals surface area (Å²) in [7, 11) is 0. The quantitative estimate of drug-likeness (QED) is 0.309. The van der Waals surface area contributed by atoms with Crippen molar-refractivity contribution in [2.75, 3.05) is 46.0 Å². The van der Waals surface area contributed by atoms with Crippen molar-refractivity contribution in [3.8, 4) is 11.5 Å². The van der Waals surface area contributed by atoms with Gasteiger partial charge in [0.05, 0.1) is 25.3 Å². The molecule has 5 aliphatic rings. The number of ether oxygens (including phenoxy) is 4. The lowest BCUT2D eigenvalue weighted by Gasteiger charge is -2.35. The lowest BCUT2D eigenvalue weighted by Crippen LogP contribution is -2.57. The smallest absolute Gasteiger partial charge is 0.408 e. The number of hydrogen-bond donors (Lipinski definition) is 2. The maximum absolute atomic E-state index is 14.2. The third-order valence-electron chi connectivity index (χ3n) is 11.7. The van der Waals surface area contributed by atoms with Gasteiger partial charge < -0.3 is 34.9 Å². The number of hydrogen-bond acceptors (Lipinski definition) is 9. The third-order valence-corrected chi connectivity index (χ3v) is 12.0. The second-order valence-corrected chi connectivity index (χ2v) is 16.9. The average Bonchev–Trinajstić information content (AvgIpc) is 3.50. The van der Waals surface area contributed by atoms with Crippen LogP contribution in [-0.2, 0) is 19.1 Å². The minimum Gasteiger partial charge on any atom is -0.491 e. The molecule has 1 aromatic heterocycles. The van der Waals surface area contributed by atoms with Gasteiger partial charge in [-0.1, -0.05) is 51.6 Å². The minimum absolute atomic E-state index is 0.123. The summed E-state index contributed by atoms with van der Waals surface area (Å²) in [5.74, 6) is 1.74. The van der Waals surface area contributed by atoms with Gasteiger partial charge in [0.1, 0.15) is 47.4 Å². The Balaban J connectivity index is 1.10. The Morgan fingerprint density at radius 2 is 1.75 bits per heavy atom. The van der Waals surface area contributed by atoms with E-state index in [1.165, 1.54) is 17.7 Å². The highest BCUT2D eigenvalue weighted by Gasteiger charge is 2.48. The summed E-state index contributed by atoms with van der Waals surface area (Å²) < 4.78 is 24.1. The van der Waals surface area contributed by atoms with E-state index < -0.39 is 41.5 Å². The summed E-state index contributed by atoms with van der Waals surface area (Å²) in [5, 5.41) is 4.00. The zero-order valence-electron chi connectivity index (χ0n) is 30.7. The number of nitrogens with one attached hydrogen (secondary N) is 1. The van der Waals surface area contributed by atoms with Crippen molar-refractivity contribution in [1.29, 1.82) is 0 Å². The standard InChI is InChI=1S/C39H54ClN5O7/c1-39(2,3)35(43-38(48)52-26-18-24-17-25(24)19-26)37(47)45-22-27(20-30(45)36(41)46)51-32-21-29(23-7-5-4-6-8-23)42-34-28(32)9-10-31(33(34)40)50-16-13-44-11-14-49-15-12-44/h9-10,21,23-27,30,35H,4-8,11-20,22H2,1-3H3,(H2,41,46)(H,43,48)/t24-,25+,26+,27?,30-,35+/m0/s1. The first-order valence-electron chi connectivity index (χ1n) is 19.2.